The van der Waals surface area contributed by atoms with E-state index in [9.17, 15) is 22.8 Å². The molecule has 1 aliphatic carbocycles. The Kier molecular flexibility index (Phi) is 8.64. The van der Waals surface area contributed by atoms with Gasteiger partial charge in [0.15, 0.2) is 5.82 Å². The maximum Gasteiger partial charge on any atom is 0.342 e. The molecule has 0 bridgehead atoms. The van der Waals surface area contributed by atoms with Gasteiger partial charge in [0, 0.05) is 50.5 Å². The van der Waals surface area contributed by atoms with Gasteiger partial charge in [-0.05, 0) is 56.3 Å². The Balaban J connectivity index is 1.20. The van der Waals surface area contributed by atoms with Crippen molar-refractivity contribution in [2.45, 2.75) is 37.6 Å². The number of aromatic nitrogens is 2. The second-order valence-electron chi connectivity index (χ2n) is 12.0. The number of benzene rings is 2. The number of hydrogen-bond acceptors (Lipinski definition) is 9. The molecule has 1 saturated carbocycles. The lowest BCUT2D eigenvalue weighted by molar-refractivity contribution is -0.140. The molecule has 3 aromatic rings. The minimum Gasteiger partial charge on any atom is -0.495 e. The summed E-state index contributed by atoms with van der Waals surface area (Å²) < 4.78 is 50.4. The number of hydrogen-bond donors (Lipinski definition) is 2. The zero-order chi connectivity index (χ0) is 32.6. The van der Waals surface area contributed by atoms with Gasteiger partial charge in [-0.3, -0.25) is 9.59 Å². The van der Waals surface area contributed by atoms with E-state index in [1.807, 2.05) is 11.9 Å². The Morgan fingerprint density at radius 3 is 2.46 bits per heavy atom. The first-order valence-corrected chi connectivity index (χ1v) is 15.3. The SMILES string of the molecule is COc1cc(C(=O)Nc2ccc(N3CCN(C)CC3)c(F)c2)ccc1Nc1ncc2c(n1)N(C1CCCC1)CC(F)(F)C(=O)N2C. The van der Waals surface area contributed by atoms with Crippen molar-refractivity contribution in [2.75, 3.05) is 79.3 Å². The van der Waals surface area contributed by atoms with Crippen molar-refractivity contribution in [1.29, 1.82) is 0 Å². The van der Waals surface area contributed by atoms with E-state index >= 15 is 0 Å². The maximum atomic E-state index is 15.0. The molecule has 11 nitrogen and oxygen atoms in total. The van der Waals surface area contributed by atoms with Crippen LogP contribution in [0.1, 0.15) is 36.0 Å². The Hall–Kier alpha value is -4.59. The molecule has 3 aliphatic rings. The van der Waals surface area contributed by atoms with Crippen LogP contribution in [0, 0.1) is 5.82 Å². The Morgan fingerprint density at radius 2 is 1.76 bits per heavy atom. The quantitative estimate of drug-likeness (QED) is 0.380. The van der Waals surface area contributed by atoms with Crippen molar-refractivity contribution < 1.29 is 27.5 Å². The number of nitrogens with zero attached hydrogens (tertiary/aromatic N) is 6. The number of nitrogens with one attached hydrogen (secondary N) is 2. The average Bonchev–Trinajstić information content (AvgIpc) is 3.57. The molecule has 1 saturated heterocycles. The third-order valence-corrected chi connectivity index (χ3v) is 8.90. The Labute approximate surface area is 265 Å². The van der Waals surface area contributed by atoms with Gasteiger partial charge < -0.3 is 35.0 Å². The Morgan fingerprint density at radius 1 is 1.02 bits per heavy atom. The van der Waals surface area contributed by atoms with Crippen molar-refractivity contribution in [1.82, 2.24) is 14.9 Å². The molecule has 1 aromatic heterocycles. The lowest BCUT2D eigenvalue weighted by atomic mass is 10.1. The molecular weight excluding hydrogens is 601 g/mol. The number of fused-ring (bicyclic) bond motifs is 1. The molecule has 2 aromatic carbocycles. The number of likely N-dealkylation sites (N-methyl/N-ethyl adjacent to an activating group) is 1. The summed E-state index contributed by atoms with van der Waals surface area (Å²) in [5, 5.41) is 5.80. The number of rotatable bonds is 7. The van der Waals surface area contributed by atoms with E-state index in [2.05, 4.69) is 25.5 Å². The molecule has 0 unspecified atom stereocenters. The first kappa shape index (κ1) is 31.4. The van der Waals surface area contributed by atoms with Crippen molar-refractivity contribution in [3.05, 3.63) is 54.0 Å². The highest BCUT2D eigenvalue weighted by Gasteiger charge is 2.48. The number of methoxy groups -OCH3 is 1. The molecule has 0 radical (unpaired) electrons. The first-order chi connectivity index (χ1) is 22.0. The molecule has 2 N–H and O–H groups in total. The number of piperazine rings is 1. The van der Waals surface area contributed by atoms with Crippen LogP contribution < -0.4 is 30.1 Å². The van der Waals surface area contributed by atoms with Crippen molar-refractivity contribution in [3.63, 3.8) is 0 Å². The van der Waals surface area contributed by atoms with Crippen molar-refractivity contribution >= 4 is 46.3 Å². The fourth-order valence-electron chi connectivity index (χ4n) is 6.25. The highest BCUT2D eigenvalue weighted by molar-refractivity contribution is 6.05. The van der Waals surface area contributed by atoms with E-state index in [0.29, 0.717) is 22.8 Å². The summed E-state index contributed by atoms with van der Waals surface area (Å²) in [5.74, 6) is -5.09. The normalized spacial score (nSPS) is 18.7. The van der Waals surface area contributed by atoms with Crippen LogP contribution in [0.3, 0.4) is 0 Å². The van der Waals surface area contributed by atoms with Crippen LogP contribution in [0.15, 0.2) is 42.6 Å². The summed E-state index contributed by atoms with van der Waals surface area (Å²) in [7, 11) is 4.77. The van der Waals surface area contributed by atoms with Gasteiger partial charge in [-0.25, -0.2) is 9.37 Å². The third-order valence-electron chi connectivity index (χ3n) is 8.90. The van der Waals surface area contributed by atoms with E-state index < -0.39 is 30.1 Å². The zero-order valence-electron chi connectivity index (χ0n) is 26.0. The summed E-state index contributed by atoms with van der Waals surface area (Å²) in [5.41, 5.74) is 1.72. The van der Waals surface area contributed by atoms with E-state index in [0.717, 1.165) is 56.8 Å². The van der Waals surface area contributed by atoms with E-state index in [1.54, 1.807) is 24.3 Å². The number of carbonyl (C=O) groups excluding carboxylic acids is 2. The van der Waals surface area contributed by atoms with Gasteiger partial charge in [0.25, 0.3) is 11.8 Å². The molecule has 3 heterocycles. The number of alkyl halides is 2. The van der Waals surface area contributed by atoms with E-state index in [-0.39, 0.29) is 29.1 Å². The van der Waals surface area contributed by atoms with Crippen LogP contribution in [0.2, 0.25) is 0 Å². The highest BCUT2D eigenvalue weighted by atomic mass is 19.3. The third kappa shape index (κ3) is 6.26. The van der Waals surface area contributed by atoms with Gasteiger partial charge in [0.1, 0.15) is 17.3 Å². The molecular formula is C32H37F3N8O3. The molecule has 14 heteroatoms. The fourth-order valence-corrected chi connectivity index (χ4v) is 6.25. The minimum absolute atomic E-state index is 0.110. The van der Waals surface area contributed by atoms with Crippen LogP contribution in [0.25, 0.3) is 0 Å². The Bertz CT molecular complexity index is 1630. The summed E-state index contributed by atoms with van der Waals surface area (Å²) in [6, 6.07) is 9.18. The predicted molar refractivity (Wildman–Crippen MR) is 170 cm³/mol. The molecule has 46 heavy (non-hydrogen) atoms. The van der Waals surface area contributed by atoms with Gasteiger partial charge >= 0.3 is 5.92 Å². The van der Waals surface area contributed by atoms with Crippen LogP contribution in [0.5, 0.6) is 5.75 Å². The molecule has 0 spiro atoms. The summed E-state index contributed by atoms with van der Waals surface area (Å²) in [6.07, 6.45) is 4.63. The molecule has 6 rings (SSSR count). The summed E-state index contributed by atoms with van der Waals surface area (Å²) in [4.78, 5) is 41.2. The van der Waals surface area contributed by atoms with Gasteiger partial charge in [0.2, 0.25) is 5.95 Å². The molecule has 2 fully saturated rings. The lowest BCUT2D eigenvalue weighted by Gasteiger charge is -2.34. The average molecular weight is 639 g/mol. The summed E-state index contributed by atoms with van der Waals surface area (Å²) >= 11 is 0. The topological polar surface area (TPSA) is 106 Å². The van der Waals surface area contributed by atoms with Crippen LogP contribution >= 0.6 is 0 Å². The zero-order valence-corrected chi connectivity index (χ0v) is 26.0. The molecule has 0 atom stereocenters. The van der Waals surface area contributed by atoms with Gasteiger partial charge in [-0.2, -0.15) is 13.8 Å². The predicted octanol–water partition coefficient (Wildman–Crippen LogP) is 4.73. The number of halogens is 3. The smallest absolute Gasteiger partial charge is 0.342 e. The van der Waals surface area contributed by atoms with Gasteiger partial charge in [-0.15, -0.1) is 0 Å². The summed E-state index contributed by atoms with van der Waals surface area (Å²) in [6.45, 7) is 2.38. The second-order valence-corrected chi connectivity index (χ2v) is 12.0. The van der Waals surface area contributed by atoms with E-state index in [1.165, 1.54) is 37.4 Å². The van der Waals surface area contributed by atoms with Crippen LogP contribution in [-0.4, -0.2) is 92.6 Å². The minimum atomic E-state index is -3.58. The standard InChI is InChI=1S/C32H37F3N8O3/c1-40-12-14-42(15-13-40)25-11-9-21(17-23(25)33)37-29(44)20-8-10-24(27(16-20)46-3)38-31-36-18-26-28(39-31)43(22-6-4-5-7-22)19-32(34,35)30(45)41(26)2/h8-11,16-18,22H,4-7,12-15,19H2,1-3H3,(H,37,44)(H,36,38,39). The van der Waals surface area contributed by atoms with Gasteiger partial charge in [0.05, 0.1) is 31.2 Å². The first-order valence-electron chi connectivity index (χ1n) is 15.3. The number of anilines is 6. The van der Waals surface area contributed by atoms with Crippen LogP contribution in [-0.2, 0) is 4.79 Å². The number of ether oxygens (including phenoxy) is 1. The lowest BCUT2D eigenvalue weighted by Crippen LogP contribution is -2.48. The maximum absolute atomic E-state index is 15.0. The highest BCUT2D eigenvalue weighted by Crippen LogP contribution is 2.40. The van der Waals surface area contributed by atoms with Crippen LogP contribution in [0.4, 0.5) is 47.7 Å². The monoisotopic (exact) mass is 638 g/mol. The largest absolute Gasteiger partial charge is 0.495 e. The van der Waals surface area contributed by atoms with E-state index in [4.69, 9.17) is 4.74 Å². The van der Waals surface area contributed by atoms with Crippen molar-refractivity contribution in [2.24, 2.45) is 0 Å². The van der Waals surface area contributed by atoms with Crippen molar-refractivity contribution in [3.8, 4) is 5.75 Å². The molecule has 244 valence electrons. The fraction of sp³-hybridized carbons (Fsp3) is 0.438. The number of carbonyl (C=O) groups is 2. The van der Waals surface area contributed by atoms with Gasteiger partial charge in [-0.1, -0.05) is 12.8 Å². The molecule has 2 aliphatic heterocycles. The number of amides is 2. The molecule has 2 amide bonds. The second kappa shape index (κ2) is 12.7.